The zero-order chi connectivity index (χ0) is 13.2. The van der Waals surface area contributed by atoms with Gasteiger partial charge >= 0.3 is 6.18 Å². The summed E-state index contributed by atoms with van der Waals surface area (Å²) in [7, 11) is 0. The van der Waals surface area contributed by atoms with Crippen LogP contribution in [-0.4, -0.2) is 15.1 Å². The Kier molecular flexibility index (Phi) is 3.29. The van der Waals surface area contributed by atoms with Crippen molar-refractivity contribution in [2.45, 2.75) is 12.8 Å². The Morgan fingerprint density at radius 2 is 1.67 bits per heavy atom. The molecule has 1 N–H and O–H groups in total. The second-order valence-electron chi connectivity index (χ2n) is 3.70. The molecule has 0 spiro atoms. The van der Waals surface area contributed by atoms with Gasteiger partial charge in [0.15, 0.2) is 0 Å². The highest BCUT2D eigenvalue weighted by molar-refractivity contribution is 5.63. The van der Waals surface area contributed by atoms with Gasteiger partial charge in [-0.3, -0.25) is 0 Å². The second kappa shape index (κ2) is 4.73. The zero-order valence-corrected chi connectivity index (χ0v) is 9.15. The summed E-state index contributed by atoms with van der Waals surface area (Å²) in [5.41, 5.74) is 0.198. The topological polar surface area (TPSA) is 46.0 Å². The minimum absolute atomic E-state index is 0.198. The smallest absolute Gasteiger partial charge is 0.392 e. The van der Waals surface area contributed by atoms with Gasteiger partial charge in [-0.2, -0.15) is 13.2 Å². The molecule has 0 fully saturated rings. The van der Waals surface area contributed by atoms with Crippen molar-refractivity contribution in [1.82, 2.24) is 9.97 Å². The first-order valence-electron chi connectivity index (χ1n) is 5.08. The minimum Gasteiger partial charge on any atom is -0.392 e. The van der Waals surface area contributed by atoms with Crippen molar-refractivity contribution in [2.24, 2.45) is 0 Å². The molecule has 94 valence electrons. The van der Waals surface area contributed by atoms with Gasteiger partial charge < -0.3 is 5.11 Å². The first kappa shape index (κ1) is 12.5. The number of rotatable bonds is 2. The SMILES string of the molecule is OCc1cc(-c2cncnc2)cc(C(F)(F)F)c1. The second-order valence-corrected chi connectivity index (χ2v) is 3.70. The summed E-state index contributed by atoms with van der Waals surface area (Å²) in [6.45, 7) is -0.454. The number of benzene rings is 1. The van der Waals surface area contributed by atoms with E-state index in [4.69, 9.17) is 5.11 Å². The average molecular weight is 254 g/mol. The Bertz CT molecular complexity index is 541. The molecule has 0 aliphatic carbocycles. The maximum absolute atomic E-state index is 12.7. The summed E-state index contributed by atoms with van der Waals surface area (Å²) in [5.74, 6) is 0. The Balaban J connectivity index is 2.55. The molecule has 6 heteroatoms. The number of alkyl halides is 3. The van der Waals surface area contributed by atoms with Crippen LogP contribution in [0.4, 0.5) is 13.2 Å². The third-order valence-electron chi connectivity index (χ3n) is 2.40. The number of halogens is 3. The molecule has 0 saturated heterocycles. The van der Waals surface area contributed by atoms with E-state index in [0.29, 0.717) is 11.1 Å². The fraction of sp³-hybridized carbons (Fsp3) is 0.167. The number of hydrogen-bond donors (Lipinski definition) is 1. The normalized spacial score (nSPS) is 11.6. The molecule has 0 aliphatic rings. The summed E-state index contributed by atoms with van der Waals surface area (Å²) in [6, 6.07) is 3.42. The van der Waals surface area contributed by atoms with Crippen LogP contribution in [0.5, 0.6) is 0 Å². The molecule has 18 heavy (non-hydrogen) atoms. The lowest BCUT2D eigenvalue weighted by Gasteiger charge is -2.11. The van der Waals surface area contributed by atoms with Gasteiger partial charge in [-0.1, -0.05) is 0 Å². The maximum atomic E-state index is 12.7. The van der Waals surface area contributed by atoms with E-state index in [1.54, 1.807) is 0 Å². The van der Waals surface area contributed by atoms with Crippen LogP contribution in [0.2, 0.25) is 0 Å². The van der Waals surface area contributed by atoms with Crippen LogP contribution in [0.1, 0.15) is 11.1 Å². The van der Waals surface area contributed by atoms with E-state index in [1.807, 2.05) is 0 Å². The van der Waals surface area contributed by atoms with Crippen LogP contribution < -0.4 is 0 Å². The van der Waals surface area contributed by atoms with Gasteiger partial charge in [0.25, 0.3) is 0 Å². The summed E-state index contributed by atoms with van der Waals surface area (Å²) in [5, 5.41) is 9.00. The quantitative estimate of drug-likeness (QED) is 0.896. The average Bonchev–Trinajstić information content (AvgIpc) is 2.38. The van der Waals surface area contributed by atoms with Crippen molar-refractivity contribution in [2.75, 3.05) is 0 Å². The molecule has 0 unspecified atom stereocenters. The third kappa shape index (κ3) is 2.65. The van der Waals surface area contributed by atoms with E-state index in [2.05, 4.69) is 9.97 Å². The van der Waals surface area contributed by atoms with E-state index in [0.717, 1.165) is 12.1 Å². The molecule has 1 heterocycles. The first-order valence-corrected chi connectivity index (χ1v) is 5.08. The number of aliphatic hydroxyl groups excluding tert-OH is 1. The van der Waals surface area contributed by atoms with Crippen molar-refractivity contribution >= 4 is 0 Å². The molecule has 0 saturated carbocycles. The van der Waals surface area contributed by atoms with Gasteiger partial charge in [-0.15, -0.1) is 0 Å². The van der Waals surface area contributed by atoms with E-state index in [-0.39, 0.29) is 5.56 Å². The lowest BCUT2D eigenvalue weighted by molar-refractivity contribution is -0.137. The minimum atomic E-state index is -4.45. The highest BCUT2D eigenvalue weighted by Gasteiger charge is 2.31. The van der Waals surface area contributed by atoms with Crippen LogP contribution in [0.3, 0.4) is 0 Å². The van der Waals surface area contributed by atoms with Crippen LogP contribution in [0.25, 0.3) is 11.1 Å². The van der Waals surface area contributed by atoms with Crippen LogP contribution in [-0.2, 0) is 12.8 Å². The van der Waals surface area contributed by atoms with Crippen molar-refractivity contribution in [1.29, 1.82) is 0 Å². The molecule has 0 radical (unpaired) electrons. The molecule has 3 nitrogen and oxygen atoms in total. The van der Waals surface area contributed by atoms with Crippen molar-refractivity contribution in [3.63, 3.8) is 0 Å². The molecule has 2 rings (SSSR count). The molecule has 1 aromatic carbocycles. The van der Waals surface area contributed by atoms with Crippen LogP contribution in [0, 0.1) is 0 Å². The predicted molar refractivity (Wildman–Crippen MR) is 58.4 cm³/mol. The lowest BCUT2D eigenvalue weighted by atomic mass is 10.0. The van der Waals surface area contributed by atoms with E-state index >= 15 is 0 Å². The number of hydrogen-bond acceptors (Lipinski definition) is 3. The fourth-order valence-electron chi connectivity index (χ4n) is 1.56. The number of aromatic nitrogens is 2. The third-order valence-corrected chi connectivity index (χ3v) is 2.40. The highest BCUT2D eigenvalue weighted by Crippen LogP contribution is 2.33. The van der Waals surface area contributed by atoms with Gasteiger partial charge in [0, 0.05) is 18.0 Å². The van der Waals surface area contributed by atoms with E-state index in [1.165, 1.54) is 24.8 Å². The van der Waals surface area contributed by atoms with Crippen molar-refractivity contribution < 1.29 is 18.3 Å². The Hall–Kier alpha value is -1.95. The molecule has 0 atom stereocenters. The molecule has 0 bridgehead atoms. The molecule has 0 amide bonds. The molecular weight excluding hydrogens is 245 g/mol. The zero-order valence-electron chi connectivity index (χ0n) is 9.15. The summed E-state index contributed by atoms with van der Waals surface area (Å²) >= 11 is 0. The molecular formula is C12H9F3N2O. The summed E-state index contributed by atoms with van der Waals surface area (Å²) in [4.78, 5) is 7.51. The maximum Gasteiger partial charge on any atom is 0.416 e. The van der Waals surface area contributed by atoms with Gasteiger partial charge in [0.2, 0.25) is 0 Å². The predicted octanol–water partition coefficient (Wildman–Crippen LogP) is 2.65. The highest BCUT2D eigenvalue weighted by atomic mass is 19.4. The summed E-state index contributed by atoms with van der Waals surface area (Å²) in [6.07, 6.45) is -0.313. The van der Waals surface area contributed by atoms with Crippen molar-refractivity contribution in [3.8, 4) is 11.1 Å². The summed E-state index contributed by atoms with van der Waals surface area (Å²) < 4.78 is 38.1. The van der Waals surface area contributed by atoms with Gasteiger partial charge in [0.05, 0.1) is 12.2 Å². The largest absolute Gasteiger partial charge is 0.416 e. The van der Waals surface area contributed by atoms with Gasteiger partial charge in [-0.05, 0) is 29.3 Å². The van der Waals surface area contributed by atoms with E-state index in [9.17, 15) is 13.2 Å². The van der Waals surface area contributed by atoms with E-state index < -0.39 is 18.3 Å². The molecule has 0 aliphatic heterocycles. The van der Waals surface area contributed by atoms with Gasteiger partial charge in [0.1, 0.15) is 6.33 Å². The Morgan fingerprint density at radius 3 is 2.22 bits per heavy atom. The van der Waals surface area contributed by atoms with Crippen LogP contribution >= 0.6 is 0 Å². The van der Waals surface area contributed by atoms with Crippen LogP contribution in [0.15, 0.2) is 36.9 Å². The Morgan fingerprint density at radius 1 is 1.00 bits per heavy atom. The standard InChI is InChI=1S/C12H9F3N2O/c13-12(14,15)11-2-8(6-18)1-9(3-11)10-4-16-7-17-5-10/h1-5,7,18H,6H2. The molecule has 1 aromatic heterocycles. The monoisotopic (exact) mass is 254 g/mol. The lowest BCUT2D eigenvalue weighted by Crippen LogP contribution is -2.06. The fourth-order valence-corrected chi connectivity index (χ4v) is 1.56. The first-order chi connectivity index (χ1) is 8.50. The molecule has 2 aromatic rings. The van der Waals surface area contributed by atoms with Crippen molar-refractivity contribution in [3.05, 3.63) is 48.0 Å². The number of aliphatic hydroxyl groups is 1. The Labute approximate surface area is 101 Å². The number of nitrogens with zero attached hydrogens (tertiary/aromatic N) is 2. The van der Waals surface area contributed by atoms with Gasteiger partial charge in [-0.25, -0.2) is 9.97 Å².